The highest BCUT2D eigenvalue weighted by Crippen LogP contribution is 2.42. The third-order valence-electron chi connectivity index (χ3n) is 3.20. The summed E-state index contributed by atoms with van der Waals surface area (Å²) in [5, 5.41) is 9.68. The Hall–Kier alpha value is -1.97. The minimum absolute atomic E-state index is 0.203. The summed E-state index contributed by atoms with van der Waals surface area (Å²) in [4.78, 5) is 5.00. The van der Waals surface area contributed by atoms with Gasteiger partial charge in [0.2, 0.25) is 6.79 Å². The second-order valence-electron chi connectivity index (χ2n) is 4.45. The van der Waals surface area contributed by atoms with Crippen molar-refractivity contribution in [2.24, 2.45) is 0 Å². The molecule has 0 saturated carbocycles. The number of nitriles is 1. The molecule has 0 aliphatic carbocycles. The molecule has 0 bridgehead atoms. The Morgan fingerprint density at radius 1 is 1.36 bits per heavy atom. The third kappa shape index (κ3) is 2.70. The molecule has 0 N–H and O–H groups in total. The molecule has 0 atom stereocenters. The molecule has 0 unspecified atom stereocenters. The predicted octanol–water partition coefficient (Wildman–Crippen LogP) is 4.33. The van der Waals surface area contributed by atoms with Crippen LogP contribution < -0.4 is 9.47 Å². The molecule has 110 valence electrons. The van der Waals surface area contributed by atoms with E-state index in [-0.39, 0.29) is 6.79 Å². The summed E-state index contributed by atoms with van der Waals surface area (Å²) in [6.07, 6.45) is 5.41. The number of nitrogens with zero attached hydrogens (tertiary/aromatic N) is 2. The Morgan fingerprint density at radius 2 is 2.14 bits per heavy atom. The number of pyridine rings is 1. The highest BCUT2D eigenvalue weighted by Gasteiger charge is 2.20. The molecular weight excluding hydrogens is 364 g/mol. The molecule has 6 heteroatoms. The molecule has 0 fully saturated rings. The van der Waals surface area contributed by atoms with E-state index in [0.717, 1.165) is 20.5 Å². The lowest BCUT2D eigenvalue weighted by atomic mass is 10.0. The summed E-state index contributed by atoms with van der Waals surface area (Å²) in [6, 6.07) is 9.76. The van der Waals surface area contributed by atoms with Gasteiger partial charge in [0, 0.05) is 32.9 Å². The Balaban J connectivity index is 2.19. The zero-order valence-electron chi connectivity index (χ0n) is 11.7. The van der Waals surface area contributed by atoms with E-state index in [2.05, 4.69) is 27.0 Å². The highest BCUT2D eigenvalue weighted by atomic mass is 79.9. The van der Waals surface area contributed by atoms with E-state index in [0.29, 0.717) is 17.1 Å². The first-order valence-electron chi connectivity index (χ1n) is 6.43. The van der Waals surface area contributed by atoms with Gasteiger partial charge >= 0.3 is 0 Å². The van der Waals surface area contributed by atoms with Crippen LogP contribution in [0.3, 0.4) is 0 Å². The van der Waals surface area contributed by atoms with Crippen LogP contribution in [0.5, 0.6) is 11.5 Å². The number of thioether (sulfide) groups is 1. The second-order valence-corrected chi connectivity index (χ2v) is 6.12. The van der Waals surface area contributed by atoms with Crippen LogP contribution >= 0.6 is 27.7 Å². The van der Waals surface area contributed by atoms with Crippen molar-refractivity contribution >= 4 is 38.2 Å². The van der Waals surface area contributed by atoms with Gasteiger partial charge in [-0.05, 0) is 40.4 Å². The maximum absolute atomic E-state index is 9.68. The van der Waals surface area contributed by atoms with Crippen molar-refractivity contribution in [1.82, 2.24) is 4.98 Å². The number of benzene rings is 1. The largest absolute Gasteiger partial charge is 0.454 e. The van der Waals surface area contributed by atoms with Crippen LogP contribution in [0.25, 0.3) is 10.5 Å². The first-order chi connectivity index (χ1) is 10.7. The predicted molar refractivity (Wildman–Crippen MR) is 90.4 cm³/mol. The van der Waals surface area contributed by atoms with E-state index in [4.69, 9.17) is 9.47 Å². The molecule has 1 aliphatic heterocycles. The van der Waals surface area contributed by atoms with Crippen molar-refractivity contribution in [2.75, 3.05) is 13.0 Å². The van der Waals surface area contributed by atoms with Gasteiger partial charge in [0.25, 0.3) is 0 Å². The Labute approximate surface area is 140 Å². The van der Waals surface area contributed by atoms with Crippen LogP contribution in [0.2, 0.25) is 0 Å². The molecule has 2 heterocycles. The maximum atomic E-state index is 9.68. The lowest BCUT2D eigenvalue weighted by Crippen LogP contribution is -1.93. The van der Waals surface area contributed by atoms with E-state index in [9.17, 15) is 5.26 Å². The molecule has 4 nitrogen and oxygen atoms in total. The van der Waals surface area contributed by atoms with Gasteiger partial charge in [0.05, 0.1) is 5.57 Å². The summed E-state index contributed by atoms with van der Waals surface area (Å²) in [7, 11) is 0. The SMILES string of the molecule is CS/C(=C(/C#N)c1cc2c(cc1Br)OCO2)c1cccnc1. The molecule has 1 aromatic carbocycles. The van der Waals surface area contributed by atoms with E-state index >= 15 is 0 Å². The van der Waals surface area contributed by atoms with Crippen molar-refractivity contribution in [3.8, 4) is 17.6 Å². The van der Waals surface area contributed by atoms with E-state index in [1.807, 2.05) is 30.5 Å². The molecule has 0 amide bonds. The average Bonchev–Trinajstić information content (AvgIpc) is 3.00. The number of aromatic nitrogens is 1. The smallest absolute Gasteiger partial charge is 0.231 e. The van der Waals surface area contributed by atoms with E-state index in [1.165, 1.54) is 11.8 Å². The van der Waals surface area contributed by atoms with Crippen LogP contribution in [-0.2, 0) is 0 Å². The lowest BCUT2D eigenvalue weighted by Gasteiger charge is -2.10. The second kappa shape index (κ2) is 6.42. The van der Waals surface area contributed by atoms with Gasteiger partial charge in [-0.3, -0.25) is 4.98 Å². The van der Waals surface area contributed by atoms with Gasteiger partial charge < -0.3 is 9.47 Å². The summed E-state index contributed by atoms with van der Waals surface area (Å²) < 4.78 is 11.6. The third-order valence-corrected chi connectivity index (χ3v) is 4.70. The standard InChI is InChI=1S/C16H11BrN2O2S/c1-22-16(10-3-2-4-19-8-10)12(7-18)11-5-14-15(6-13(11)17)21-9-20-14/h2-6,8H,9H2,1H3/b16-12-. The lowest BCUT2D eigenvalue weighted by molar-refractivity contribution is 0.174. The molecule has 0 spiro atoms. The number of halogens is 1. The van der Waals surface area contributed by atoms with Crippen LogP contribution in [0.15, 0.2) is 41.1 Å². The summed E-state index contributed by atoms with van der Waals surface area (Å²) in [5.74, 6) is 1.33. The Kier molecular flexibility index (Phi) is 4.36. The van der Waals surface area contributed by atoms with Crippen LogP contribution in [-0.4, -0.2) is 18.0 Å². The molecule has 1 aromatic heterocycles. The number of ether oxygens (including phenoxy) is 2. The van der Waals surface area contributed by atoms with E-state index < -0.39 is 0 Å². The number of hydrogen-bond donors (Lipinski definition) is 0. The normalized spacial score (nSPS) is 13.5. The van der Waals surface area contributed by atoms with Crippen molar-refractivity contribution in [1.29, 1.82) is 5.26 Å². The molecule has 2 aromatic rings. The molecule has 22 heavy (non-hydrogen) atoms. The summed E-state index contributed by atoms with van der Waals surface area (Å²) in [5.41, 5.74) is 2.27. The van der Waals surface area contributed by atoms with Crippen molar-refractivity contribution in [3.63, 3.8) is 0 Å². The number of hydrogen-bond acceptors (Lipinski definition) is 5. The Morgan fingerprint density at radius 3 is 2.77 bits per heavy atom. The first-order valence-corrected chi connectivity index (χ1v) is 8.44. The van der Waals surface area contributed by atoms with Gasteiger partial charge in [-0.15, -0.1) is 11.8 Å². The minimum atomic E-state index is 0.203. The van der Waals surface area contributed by atoms with Crippen molar-refractivity contribution < 1.29 is 9.47 Å². The Bertz CT molecular complexity index is 785. The fourth-order valence-corrected chi connectivity index (χ4v) is 3.44. The topological polar surface area (TPSA) is 55.1 Å². The maximum Gasteiger partial charge on any atom is 0.231 e. The van der Waals surface area contributed by atoms with Gasteiger partial charge in [-0.2, -0.15) is 5.26 Å². The molecule has 0 radical (unpaired) electrons. The molecule has 0 saturated heterocycles. The summed E-state index contributed by atoms with van der Waals surface area (Å²) >= 11 is 5.03. The molecule has 3 rings (SSSR count). The van der Waals surface area contributed by atoms with Crippen LogP contribution in [0.4, 0.5) is 0 Å². The monoisotopic (exact) mass is 374 g/mol. The fourth-order valence-electron chi connectivity index (χ4n) is 2.20. The van der Waals surface area contributed by atoms with Crippen LogP contribution in [0.1, 0.15) is 11.1 Å². The van der Waals surface area contributed by atoms with Gasteiger partial charge in [-0.1, -0.05) is 6.07 Å². The van der Waals surface area contributed by atoms with Crippen molar-refractivity contribution in [2.45, 2.75) is 0 Å². The zero-order chi connectivity index (χ0) is 15.5. The highest BCUT2D eigenvalue weighted by molar-refractivity contribution is 9.10. The quantitative estimate of drug-likeness (QED) is 0.748. The van der Waals surface area contributed by atoms with Crippen molar-refractivity contribution in [3.05, 3.63) is 52.3 Å². The molecule has 1 aliphatic rings. The summed E-state index contributed by atoms with van der Waals surface area (Å²) in [6.45, 7) is 0.203. The van der Waals surface area contributed by atoms with Gasteiger partial charge in [0.1, 0.15) is 6.07 Å². The fraction of sp³-hybridized carbons (Fsp3) is 0.125. The van der Waals surface area contributed by atoms with E-state index in [1.54, 1.807) is 12.4 Å². The first kappa shape index (κ1) is 14.9. The zero-order valence-corrected chi connectivity index (χ0v) is 14.1. The number of rotatable bonds is 3. The number of fused-ring (bicyclic) bond motifs is 1. The van der Waals surface area contributed by atoms with Crippen LogP contribution in [0, 0.1) is 11.3 Å². The van der Waals surface area contributed by atoms with Gasteiger partial charge in [-0.25, -0.2) is 0 Å². The van der Waals surface area contributed by atoms with Gasteiger partial charge in [0.15, 0.2) is 11.5 Å². The molecular formula is C16H11BrN2O2S. The minimum Gasteiger partial charge on any atom is -0.454 e. The average molecular weight is 375 g/mol. The number of allylic oxidation sites excluding steroid dienone is 1.